The van der Waals surface area contributed by atoms with Crippen LogP contribution in [-0.2, 0) is 4.74 Å². The molecule has 1 aromatic rings. The summed E-state index contributed by atoms with van der Waals surface area (Å²) < 4.78 is 5.63. The molecule has 1 aliphatic rings. The van der Waals surface area contributed by atoms with Crippen molar-refractivity contribution in [2.75, 3.05) is 13.7 Å². The maximum Gasteiger partial charge on any atom is 0.145 e. The van der Waals surface area contributed by atoms with Crippen LogP contribution in [0.15, 0.2) is 12.4 Å². The second-order valence-electron chi connectivity index (χ2n) is 4.67. The van der Waals surface area contributed by atoms with Crippen molar-refractivity contribution in [3.05, 3.63) is 23.8 Å². The summed E-state index contributed by atoms with van der Waals surface area (Å²) in [5.74, 6) is 0.885. The lowest BCUT2D eigenvalue weighted by Gasteiger charge is -2.16. The fourth-order valence-corrected chi connectivity index (χ4v) is 2.21. The fourth-order valence-electron chi connectivity index (χ4n) is 2.21. The summed E-state index contributed by atoms with van der Waals surface area (Å²) in [5, 5.41) is 3.28. The van der Waals surface area contributed by atoms with E-state index in [4.69, 9.17) is 4.74 Å². The van der Waals surface area contributed by atoms with Crippen LogP contribution in [0.4, 0.5) is 0 Å². The third kappa shape index (κ3) is 3.48. The molecule has 4 nitrogen and oxygen atoms in total. The molecule has 0 saturated carbocycles. The largest absolute Gasteiger partial charge is 0.378 e. The van der Waals surface area contributed by atoms with Crippen molar-refractivity contribution in [1.29, 1.82) is 0 Å². The van der Waals surface area contributed by atoms with Gasteiger partial charge in [0.15, 0.2) is 0 Å². The zero-order chi connectivity index (χ0) is 12.1. The lowest BCUT2D eigenvalue weighted by Crippen LogP contribution is -2.21. The number of nitrogens with zero attached hydrogens (tertiary/aromatic N) is 2. The van der Waals surface area contributed by atoms with Gasteiger partial charge in [0, 0.05) is 19.0 Å². The quantitative estimate of drug-likeness (QED) is 0.848. The Bertz CT molecular complexity index is 333. The molecule has 2 unspecified atom stereocenters. The highest BCUT2D eigenvalue weighted by molar-refractivity contribution is 5.04. The van der Waals surface area contributed by atoms with Gasteiger partial charge in [0.05, 0.1) is 12.1 Å². The molecule has 1 fully saturated rings. The molecule has 2 rings (SSSR count). The van der Waals surface area contributed by atoms with Crippen molar-refractivity contribution in [3.8, 4) is 0 Å². The predicted octanol–water partition coefficient (Wildman–Crippen LogP) is 2.00. The van der Waals surface area contributed by atoms with Crippen LogP contribution in [0.1, 0.15) is 43.1 Å². The summed E-state index contributed by atoms with van der Waals surface area (Å²) in [6.45, 7) is 2.93. The van der Waals surface area contributed by atoms with Gasteiger partial charge in [-0.15, -0.1) is 0 Å². The Morgan fingerprint density at radius 2 is 2.24 bits per heavy atom. The minimum atomic E-state index is 0.236. The lowest BCUT2D eigenvalue weighted by molar-refractivity contribution is 0.0996. The molecule has 2 atom stereocenters. The second kappa shape index (κ2) is 6.07. The van der Waals surface area contributed by atoms with Crippen molar-refractivity contribution in [3.63, 3.8) is 0 Å². The Morgan fingerprint density at radius 3 is 2.82 bits per heavy atom. The molecule has 94 valence electrons. The number of ether oxygens (including phenoxy) is 1. The molecular formula is C13H21N3O. The average molecular weight is 235 g/mol. The van der Waals surface area contributed by atoms with Crippen LogP contribution in [0, 0.1) is 6.92 Å². The van der Waals surface area contributed by atoms with Crippen LogP contribution >= 0.6 is 0 Å². The van der Waals surface area contributed by atoms with Gasteiger partial charge in [0.1, 0.15) is 5.82 Å². The molecule has 1 saturated heterocycles. The van der Waals surface area contributed by atoms with Crippen molar-refractivity contribution in [2.45, 2.75) is 44.8 Å². The molecule has 0 aromatic carbocycles. The van der Waals surface area contributed by atoms with E-state index in [0.29, 0.717) is 6.10 Å². The first-order valence-electron chi connectivity index (χ1n) is 6.37. The molecule has 0 spiro atoms. The van der Waals surface area contributed by atoms with Gasteiger partial charge in [-0.2, -0.15) is 0 Å². The maximum absolute atomic E-state index is 5.63. The summed E-state index contributed by atoms with van der Waals surface area (Å²) in [6.07, 6.45) is 8.71. The minimum Gasteiger partial charge on any atom is -0.378 e. The summed E-state index contributed by atoms with van der Waals surface area (Å²) in [7, 11) is 1.96. The van der Waals surface area contributed by atoms with Gasteiger partial charge in [0.25, 0.3) is 0 Å². The number of nitrogens with one attached hydrogen (secondary N) is 1. The molecule has 2 heterocycles. The number of hydrogen-bond donors (Lipinski definition) is 1. The standard InChI is InChI=1S/C13H21N3O/c1-10-8-15-13(16-9-10)12(14-2)6-5-11-4-3-7-17-11/h8-9,11-12,14H,3-7H2,1-2H3. The third-order valence-electron chi connectivity index (χ3n) is 3.26. The molecule has 17 heavy (non-hydrogen) atoms. The Balaban J connectivity index is 1.89. The van der Waals surface area contributed by atoms with E-state index in [2.05, 4.69) is 15.3 Å². The van der Waals surface area contributed by atoms with Gasteiger partial charge >= 0.3 is 0 Å². The Kier molecular flexibility index (Phi) is 4.45. The van der Waals surface area contributed by atoms with E-state index in [9.17, 15) is 0 Å². The Morgan fingerprint density at radius 1 is 1.47 bits per heavy atom. The molecule has 1 aromatic heterocycles. The Hall–Kier alpha value is -1.00. The molecule has 1 N–H and O–H groups in total. The lowest BCUT2D eigenvalue weighted by atomic mass is 10.1. The zero-order valence-corrected chi connectivity index (χ0v) is 10.6. The SMILES string of the molecule is CNC(CCC1CCCO1)c1ncc(C)cn1. The van der Waals surface area contributed by atoms with Crippen LogP contribution < -0.4 is 5.32 Å². The van der Waals surface area contributed by atoms with Crippen LogP contribution in [0.5, 0.6) is 0 Å². The van der Waals surface area contributed by atoms with Crippen molar-refractivity contribution in [2.24, 2.45) is 0 Å². The minimum absolute atomic E-state index is 0.236. The summed E-state index contributed by atoms with van der Waals surface area (Å²) in [4.78, 5) is 8.76. The zero-order valence-electron chi connectivity index (χ0n) is 10.6. The van der Waals surface area contributed by atoms with E-state index in [1.807, 2.05) is 26.4 Å². The molecule has 0 bridgehead atoms. The molecule has 0 aliphatic carbocycles. The predicted molar refractivity (Wildman–Crippen MR) is 66.8 cm³/mol. The van der Waals surface area contributed by atoms with Crippen molar-refractivity contribution in [1.82, 2.24) is 15.3 Å². The number of rotatable bonds is 5. The second-order valence-corrected chi connectivity index (χ2v) is 4.67. The first kappa shape index (κ1) is 12.5. The molecule has 4 heteroatoms. The Labute approximate surface area is 103 Å². The van der Waals surface area contributed by atoms with E-state index in [-0.39, 0.29) is 6.04 Å². The van der Waals surface area contributed by atoms with Crippen molar-refractivity contribution >= 4 is 0 Å². The number of aromatic nitrogens is 2. The monoisotopic (exact) mass is 235 g/mol. The topological polar surface area (TPSA) is 47.0 Å². The smallest absolute Gasteiger partial charge is 0.145 e. The number of aryl methyl sites for hydroxylation is 1. The van der Waals surface area contributed by atoms with Crippen LogP contribution in [0.25, 0.3) is 0 Å². The molecular weight excluding hydrogens is 214 g/mol. The average Bonchev–Trinajstić information content (AvgIpc) is 2.85. The van der Waals surface area contributed by atoms with E-state index >= 15 is 0 Å². The van der Waals surface area contributed by atoms with Gasteiger partial charge in [-0.05, 0) is 45.2 Å². The molecule has 0 amide bonds. The van der Waals surface area contributed by atoms with Gasteiger partial charge < -0.3 is 10.1 Å². The fraction of sp³-hybridized carbons (Fsp3) is 0.692. The van der Waals surface area contributed by atoms with E-state index in [1.165, 1.54) is 12.8 Å². The first-order chi connectivity index (χ1) is 8.29. The van der Waals surface area contributed by atoms with E-state index < -0.39 is 0 Å². The van der Waals surface area contributed by atoms with Gasteiger partial charge in [-0.25, -0.2) is 9.97 Å². The molecule has 0 radical (unpaired) electrons. The first-order valence-corrected chi connectivity index (χ1v) is 6.37. The highest BCUT2D eigenvalue weighted by Crippen LogP contribution is 2.21. The van der Waals surface area contributed by atoms with Crippen molar-refractivity contribution < 1.29 is 4.74 Å². The third-order valence-corrected chi connectivity index (χ3v) is 3.26. The summed E-state index contributed by atoms with van der Waals surface area (Å²) >= 11 is 0. The summed E-state index contributed by atoms with van der Waals surface area (Å²) in [6, 6.07) is 0.236. The highest BCUT2D eigenvalue weighted by atomic mass is 16.5. The normalized spacial score (nSPS) is 21.6. The molecule has 1 aliphatic heterocycles. The van der Waals surface area contributed by atoms with Gasteiger partial charge in [0.2, 0.25) is 0 Å². The van der Waals surface area contributed by atoms with Gasteiger partial charge in [-0.1, -0.05) is 0 Å². The highest BCUT2D eigenvalue weighted by Gasteiger charge is 2.19. The van der Waals surface area contributed by atoms with Gasteiger partial charge in [-0.3, -0.25) is 0 Å². The van der Waals surface area contributed by atoms with E-state index in [1.54, 1.807) is 0 Å². The van der Waals surface area contributed by atoms with Crippen LogP contribution in [0.2, 0.25) is 0 Å². The maximum atomic E-state index is 5.63. The summed E-state index contributed by atoms with van der Waals surface area (Å²) in [5.41, 5.74) is 1.10. The van der Waals surface area contributed by atoms with E-state index in [0.717, 1.165) is 30.8 Å². The van der Waals surface area contributed by atoms with Crippen LogP contribution in [-0.4, -0.2) is 29.7 Å². The number of hydrogen-bond acceptors (Lipinski definition) is 4. The van der Waals surface area contributed by atoms with Crippen LogP contribution in [0.3, 0.4) is 0 Å².